The number of aromatic amines is 1. The van der Waals surface area contributed by atoms with Gasteiger partial charge < -0.3 is 66.3 Å². The summed E-state index contributed by atoms with van der Waals surface area (Å²) < 4.78 is 5.57. The van der Waals surface area contributed by atoms with Crippen molar-refractivity contribution < 1.29 is 69.2 Å². The smallest absolute Gasteiger partial charge is 0.326 e. The van der Waals surface area contributed by atoms with E-state index in [0.717, 1.165) is 4.90 Å². The van der Waals surface area contributed by atoms with Gasteiger partial charge in [-0.15, -0.1) is 0 Å². The summed E-state index contributed by atoms with van der Waals surface area (Å²) in [6, 6.07) is -7.27. The number of ether oxygens (including phenoxy) is 1. The van der Waals surface area contributed by atoms with E-state index in [4.69, 9.17) is 9.84 Å². The molecule has 10 atom stereocenters. The molecule has 0 spiro atoms. The molecule has 21 nitrogen and oxygen atoms in total. The normalized spacial score (nSPS) is 22.8. The molecule has 0 bridgehead atoms. The molecule has 4 amide bonds. The summed E-state index contributed by atoms with van der Waals surface area (Å²) in [6.07, 6.45) is -4.32. The SMILES string of the molecule is CCCN(C(=O)[C@@H](NC(=O)[C@H](CC(C)C)NC(=O)[C@H](Cc1cnc[nH]1)NC(=O)[C@@H](N[C@@]1(CO)O[C@H](CO)[C@@H](O)[C@@H]1O)C(C)C)[C@@H](C)O)[C@@H](CCC(=O)O)C(=O)O. The number of aliphatic hydroxyl groups excluding tert-OH is 5. The summed E-state index contributed by atoms with van der Waals surface area (Å²) >= 11 is 0. The minimum Gasteiger partial charge on any atom is -0.481 e. The van der Waals surface area contributed by atoms with Crippen molar-refractivity contribution in [3.8, 4) is 0 Å². The van der Waals surface area contributed by atoms with E-state index in [1.54, 1.807) is 34.6 Å². The van der Waals surface area contributed by atoms with Gasteiger partial charge in [0.15, 0.2) is 5.72 Å². The van der Waals surface area contributed by atoms with Crippen LogP contribution in [-0.4, -0.2) is 166 Å². The predicted octanol–water partition coefficient (Wildman–Crippen LogP) is -3.19. The molecule has 21 heteroatoms. The quantitative estimate of drug-likeness (QED) is 0.0490. The number of hydrogen-bond donors (Lipinski definition) is 12. The lowest BCUT2D eigenvalue weighted by molar-refractivity contribution is -0.154. The zero-order chi connectivity index (χ0) is 42.5. The van der Waals surface area contributed by atoms with Crippen LogP contribution in [0.3, 0.4) is 0 Å². The maximum Gasteiger partial charge on any atom is 0.326 e. The Bertz CT molecular complexity index is 1460. The Morgan fingerprint density at radius 1 is 0.946 bits per heavy atom. The van der Waals surface area contributed by atoms with Crippen LogP contribution >= 0.6 is 0 Å². The molecule has 0 unspecified atom stereocenters. The number of nitrogens with one attached hydrogen (secondary N) is 5. The lowest BCUT2D eigenvalue weighted by Crippen LogP contribution is -2.66. The van der Waals surface area contributed by atoms with Crippen molar-refractivity contribution in [2.45, 2.75) is 134 Å². The number of amides is 4. The van der Waals surface area contributed by atoms with Crippen molar-refractivity contribution in [1.82, 2.24) is 36.1 Å². The summed E-state index contributed by atoms with van der Waals surface area (Å²) in [5.41, 5.74) is -1.65. The van der Waals surface area contributed by atoms with Crippen LogP contribution in [0.25, 0.3) is 0 Å². The average Bonchev–Trinajstić information content (AvgIpc) is 3.72. The Labute approximate surface area is 324 Å². The summed E-state index contributed by atoms with van der Waals surface area (Å²) in [6.45, 7) is 7.89. The van der Waals surface area contributed by atoms with Crippen molar-refractivity contribution >= 4 is 35.6 Å². The first-order valence-corrected chi connectivity index (χ1v) is 18.6. The van der Waals surface area contributed by atoms with Crippen molar-refractivity contribution in [1.29, 1.82) is 0 Å². The summed E-state index contributed by atoms with van der Waals surface area (Å²) in [7, 11) is 0. The van der Waals surface area contributed by atoms with E-state index in [0.29, 0.717) is 5.69 Å². The van der Waals surface area contributed by atoms with Crippen LogP contribution < -0.4 is 21.3 Å². The molecule has 2 rings (SSSR count). The number of carboxylic acids is 2. The zero-order valence-corrected chi connectivity index (χ0v) is 32.5. The van der Waals surface area contributed by atoms with E-state index in [1.165, 1.54) is 19.4 Å². The highest BCUT2D eigenvalue weighted by Gasteiger charge is 2.55. The fourth-order valence-electron chi connectivity index (χ4n) is 6.34. The van der Waals surface area contributed by atoms with Crippen molar-refractivity contribution in [2.75, 3.05) is 19.8 Å². The highest BCUT2D eigenvalue weighted by Crippen LogP contribution is 2.30. The topological polar surface area (TPSA) is 333 Å². The predicted molar refractivity (Wildman–Crippen MR) is 195 cm³/mol. The number of imidazole rings is 1. The fraction of sp³-hybridized carbons (Fsp3) is 0.743. The third kappa shape index (κ3) is 12.9. The molecule has 1 aliphatic rings. The number of nitrogens with zero attached hydrogens (tertiary/aromatic N) is 2. The number of carboxylic acid groups (broad SMARTS) is 2. The standard InChI is InChI=1S/C35H59N7O14/c1-7-10-42(23(34(54)55)8-9-25(46)47)33(53)27(19(6)45)40-31(51)21(11-17(2)3)38-30(50)22(12-20-13-36-16-37-20)39-32(52)26(18(4)5)41-35(15-44)29(49)28(48)24(14-43)56-35/h13,16-19,21-24,26-29,41,43-45,48-49H,7-12,14-15H2,1-6H3,(H,36,37)(H,38,50)(H,39,52)(H,40,51)(H,46,47)(H,54,55)/t19-,21+,22+,23+,24-,26+,27+,28-,29+,35+/m1/s1. The molecule has 0 aromatic carbocycles. The Morgan fingerprint density at radius 2 is 1.57 bits per heavy atom. The molecule has 56 heavy (non-hydrogen) atoms. The van der Waals surface area contributed by atoms with Crippen LogP contribution in [0, 0.1) is 11.8 Å². The zero-order valence-electron chi connectivity index (χ0n) is 32.5. The van der Waals surface area contributed by atoms with Gasteiger partial charge in [0.1, 0.15) is 42.5 Å². The molecule has 0 aliphatic carbocycles. The second-order valence-electron chi connectivity index (χ2n) is 14.8. The fourth-order valence-corrected chi connectivity index (χ4v) is 6.34. The second kappa shape index (κ2) is 21.9. The van der Waals surface area contributed by atoms with Crippen molar-refractivity contribution in [3.63, 3.8) is 0 Å². The molecule has 1 fully saturated rings. The van der Waals surface area contributed by atoms with Gasteiger partial charge in [0, 0.05) is 31.3 Å². The molecule has 318 valence electrons. The highest BCUT2D eigenvalue weighted by molar-refractivity contribution is 5.96. The maximum atomic E-state index is 14.0. The van der Waals surface area contributed by atoms with Gasteiger partial charge in [0.2, 0.25) is 23.6 Å². The van der Waals surface area contributed by atoms with Crippen LogP contribution in [0.2, 0.25) is 0 Å². The Hall–Kier alpha value is -4.25. The summed E-state index contributed by atoms with van der Waals surface area (Å²) in [5, 5.41) is 81.0. The van der Waals surface area contributed by atoms with E-state index in [-0.39, 0.29) is 31.7 Å². The van der Waals surface area contributed by atoms with Crippen LogP contribution in [-0.2, 0) is 39.9 Å². The first-order chi connectivity index (χ1) is 26.2. The minimum atomic E-state index is -2.06. The number of rotatable bonds is 24. The van der Waals surface area contributed by atoms with Crippen LogP contribution in [0.5, 0.6) is 0 Å². The van der Waals surface area contributed by atoms with Gasteiger partial charge in [0.25, 0.3) is 0 Å². The monoisotopic (exact) mass is 801 g/mol. The van der Waals surface area contributed by atoms with Gasteiger partial charge in [-0.2, -0.15) is 0 Å². The molecule has 2 heterocycles. The minimum absolute atomic E-state index is 0.0107. The number of aliphatic hydroxyl groups is 5. The van der Waals surface area contributed by atoms with Crippen molar-refractivity contribution in [2.24, 2.45) is 11.8 Å². The van der Waals surface area contributed by atoms with Gasteiger partial charge in [-0.25, -0.2) is 9.78 Å². The lowest BCUT2D eigenvalue weighted by atomic mass is 9.97. The molecule has 0 radical (unpaired) electrons. The Balaban J connectivity index is 2.41. The third-order valence-electron chi connectivity index (χ3n) is 9.35. The molecule has 12 N–H and O–H groups in total. The number of aromatic nitrogens is 2. The highest BCUT2D eigenvalue weighted by atomic mass is 16.6. The van der Waals surface area contributed by atoms with Gasteiger partial charge in [-0.3, -0.25) is 29.3 Å². The van der Waals surface area contributed by atoms with Gasteiger partial charge >= 0.3 is 11.9 Å². The molecule has 1 aromatic heterocycles. The van der Waals surface area contributed by atoms with Gasteiger partial charge in [-0.1, -0.05) is 34.6 Å². The first-order valence-electron chi connectivity index (χ1n) is 18.6. The number of H-pyrrole nitrogens is 1. The van der Waals surface area contributed by atoms with E-state index in [2.05, 4.69) is 31.2 Å². The molecule has 1 aliphatic heterocycles. The van der Waals surface area contributed by atoms with Crippen LogP contribution in [0.15, 0.2) is 12.5 Å². The third-order valence-corrected chi connectivity index (χ3v) is 9.35. The van der Waals surface area contributed by atoms with E-state index >= 15 is 0 Å². The average molecular weight is 802 g/mol. The Kier molecular flexibility index (Phi) is 18.7. The largest absolute Gasteiger partial charge is 0.481 e. The number of hydrogen-bond acceptors (Lipinski definition) is 14. The number of aliphatic carboxylic acids is 2. The molecule has 1 aromatic rings. The molecule has 1 saturated heterocycles. The molecular formula is C35H59N7O14. The summed E-state index contributed by atoms with van der Waals surface area (Å²) in [5.74, 6) is -7.10. The Morgan fingerprint density at radius 3 is 2.04 bits per heavy atom. The second-order valence-corrected chi connectivity index (χ2v) is 14.8. The summed E-state index contributed by atoms with van der Waals surface area (Å²) in [4.78, 5) is 86.5. The van der Waals surface area contributed by atoms with E-state index in [9.17, 15) is 59.4 Å². The number of carbonyl (C=O) groups excluding carboxylic acids is 4. The van der Waals surface area contributed by atoms with Crippen LogP contribution in [0.1, 0.15) is 72.9 Å². The van der Waals surface area contributed by atoms with Crippen LogP contribution in [0.4, 0.5) is 0 Å². The van der Waals surface area contributed by atoms with Gasteiger partial charge in [0.05, 0.1) is 31.7 Å². The van der Waals surface area contributed by atoms with Gasteiger partial charge in [-0.05, 0) is 38.0 Å². The number of carbonyl (C=O) groups is 6. The maximum absolute atomic E-state index is 14.0. The van der Waals surface area contributed by atoms with Crippen molar-refractivity contribution in [3.05, 3.63) is 18.2 Å². The molecular weight excluding hydrogens is 742 g/mol. The van der Waals surface area contributed by atoms with E-state index < -0.39 is 128 Å². The molecule has 0 saturated carbocycles. The lowest BCUT2D eigenvalue weighted by Gasteiger charge is -2.36. The van der Waals surface area contributed by atoms with E-state index in [1.807, 2.05) is 0 Å². The first kappa shape index (κ1) is 47.9.